The van der Waals surface area contributed by atoms with E-state index in [-0.39, 0.29) is 0 Å². The third kappa shape index (κ3) is 2.36. The molecule has 6 nitrogen and oxygen atoms in total. The molecule has 0 saturated carbocycles. The second kappa shape index (κ2) is 4.67. The molecule has 0 bridgehead atoms. The molecule has 6 heteroatoms. The Kier molecular flexibility index (Phi) is 3.23. The zero-order chi connectivity index (χ0) is 12.4. The molecule has 1 N–H and O–H groups in total. The number of nitrogens with one attached hydrogen (secondary N) is 1. The first-order valence-corrected chi connectivity index (χ1v) is 5.71. The molecule has 2 heterocycles. The lowest BCUT2D eigenvalue weighted by molar-refractivity contribution is 0.709. The molecule has 0 aliphatic heterocycles. The minimum Gasteiger partial charge on any atom is -0.314 e. The average Bonchev–Trinajstić information content (AvgIpc) is 2.85. The molecule has 0 saturated heterocycles. The molecule has 0 radical (unpaired) electrons. The SMILES string of the molecule is CNCc1cn(-c2cn(C)nc2C(C)C)nn1. The zero-order valence-corrected chi connectivity index (χ0v) is 10.7. The maximum absolute atomic E-state index is 4.45. The molecular formula is C11H18N6. The van der Waals surface area contributed by atoms with Crippen molar-refractivity contribution in [3.8, 4) is 5.69 Å². The second-order valence-corrected chi connectivity index (χ2v) is 4.41. The van der Waals surface area contributed by atoms with Gasteiger partial charge in [-0.25, -0.2) is 4.68 Å². The van der Waals surface area contributed by atoms with Crippen LogP contribution < -0.4 is 5.32 Å². The Labute approximate surface area is 101 Å². The molecular weight excluding hydrogens is 216 g/mol. The maximum Gasteiger partial charge on any atom is 0.108 e. The van der Waals surface area contributed by atoms with Crippen molar-refractivity contribution in [1.82, 2.24) is 30.1 Å². The molecule has 0 fully saturated rings. The highest BCUT2D eigenvalue weighted by Gasteiger charge is 2.14. The van der Waals surface area contributed by atoms with Gasteiger partial charge in [-0.2, -0.15) is 5.10 Å². The van der Waals surface area contributed by atoms with Crippen LogP contribution in [0.2, 0.25) is 0 Å². The Bertz CT molecular complexity index is 496. The monoisotopic (exact) mass is 234 g/mol. The van der Waals surface area contributed by atoms with Crippen molar-refractivity contribution in [2.24, 2.45) is 7.05 Å². The Morgan fingerprint density at radius 1 is 1.35 bits per heavy atom. The molecule has 0 aliphatic carbocycles. The predicted molar refractivity (Wildman–Crippen MR) is 65.0 cm³/mol. The van der Waals surface area contributed by atoms with Crippen LogP contribution in [0.1, 0.15) is 31.2 Å². The fraction of sp³-hybridized carbons (Fsp3) is 0.545. The minimum absolute atomic E-state index is 0.364. The van der Waals surface area contributed by atoms with E-state index in [2.05, 4.69) is 34.6 Å². The molecule has 0 aliphatic rings. The van der Waals surface area contributed by atoms with Crippen LogP contribution in [0.3, 0.4) is 0 Å². The van der Waals surface area contributed by atoms with Crippen LogP contribution >= 0.6 is 0 Å². The van der Waals surface area contributed by atoms with Crippen LogP contribution in [0.4, 0.5) is 0 Å². The maximum atomic E-state index is 4.45. The van der Waals surface area contributed by atoms with Gasteiger partial charge in [-0.05, 0) is 13.0 Å². The van der Waals surface area contributed by atoms with Gasteiger partial charge in [0, 0.05) is 13.6 Å². The third-order valence-corrected chi connectivity index (χ3v) is 2.53. The highest BCUT2D eigenvalue weighted by Crippen LogP contribution is 2.20. The lowest BCUT2D eigenvalue weighted by atomic mass is 10.1. The molecule has 0 spiro atoms. The average molecular weight is 234 g/mol. The van der Waals surface area contributed by atoms with Crippen LogP contribution in [0.15, 0.2) is 12.4 Å². The minimum atomic E-state index is 0.364. The normalized spacial score (nSPS) is 11.4. The van der Waals surface area contributed by atoms with Gasteiger partial charge < -0.3 is 5.32 Å². The molecule has 2 aromatic heterocycles. The fourth-order valence-corrected chi connectivity index (χ4v) is 1.76. The first kappa shape index (κ1) is 11.8. The van der Waals surface area contributed by atoms with Crippen molar-refractivity contribution in [3.05, 3.63) is 23.8 Å². The van der Waals surface area contributed by atoms with Crippen molar-refractivity contribution < 1.29 is 0 Å². The molecule has 2 rings (SSSR count). The van der Waals surface area contributed by atoms with E-state index in [0.29, 0.717) is 5.92 Å². The molecule has 92 valence electrons. The van der Waals surface area contributed by atoms with Crippen molar-refractivity contribution in [1.29, 1.82) is 0 Å². The number of aromatic nitrogens is 5. The van der Waals surface area contributed by atoms with Crippen LogP contribution in [-0.2, 0) is 13.6 Å². The summed E-state index contributed by atoms with van der Waals surface area (Å²) in [7, 11) is 3.81. The van der Waals surface area contributed by atoms with Crippen molar-refractivity contribution in [2.75, 3.05) is 7.05 Å². The van der Waals surface area contributed by atoms with Gasteiger partial charge in [0.05, 0.1) is 23.8 Å². The van der Waals surface area contributed by atoms with Crippen molar-refractivity contribution in [2.45, 2.75) is 26.3 Å². The van der Waals surface area contributed by atoms with Crippen LogP contribution in [0.25, 0.3) is 5.69 Å². The van der Waals surface area contributed by atoms with E-state index in [9.17, 15) is 0 Å². The van der Waals surface area contributed by atoms with Gasteiger partial charge >= 0.3 is 0 Å². The van der Waals surface area contributed by atoms with Gasteiger partial charge in [-0.1, -0.05) is 19.1 Å². The summed E-state index contributed by atoms with van der Waals surface area (Å²) in [5.74, 6) is 0.364. The first-order valence-electron chi connectivity index (χ1n) is 5.71. The second-order valence-electron chi connectivity index (χ2n) is 4.41. The Morgan fingerprint density at radius 2 is 2.12 bits per heavy atom. The van der Waals surface area contributed by atoms with Gasteiger partial charge in [-0.15, -0.1) is 5.10 Å². The quantitative estimate of drug-likeness (QED) is 0.851. The summed E-state index contributed by atoms with van der Waals surface area (Å²) in [5, 5.41) is 15.7. The third-order valence-electron chi connectivity index (χ3n) is 2.53. The summed E-state index contributed by atoms with van der Waals surface area (Å²) in [6.07, 6.45) is 3.90. The van der Waals surface area contributed by atoms with E-state index in [1.807, 2.05) is 31.2 Å². The Morgan fingerprint density at radius 3 is 2.76 bits per heavy atom. The Hall–Kier alpha value is -1.69. The molecule has 2 aromatic rings. The number of nitrogens with zero attached hydrogens (tertiary/aromatic N) is 5. The van der Waals surface area contributed by atoms with Gasteiger partial charge in [0.1, 0.15) is 5.69 Å². The highest BCUT2D eigenvalue weighted by atomic mass is 15.4. The van der Waals surface area contributed by atoms with Crippen LogP contribution in [0.5, 0.6) is 0 Å². The lowest BCUT2D eigenvalue weighted by Crippen LogP contribution is -2.05. The molecule has 0 amide bonds. The molecule has 0 atom stereocenters. The van der Waals surface area contributed by atoms with Crippen LogP contribution in [-0.4, -0.2) is 31.8 Å². The number of aryl methyl sites for hydroxylation is 1. The van der Waals surface area contributed by atoms with Gasteiger partial charge in [0.2, 0.25) is 0 Å². The largest absolute Gasteiger partial charge is 0.314 e. The number of hydrogen-bond donors (Lipinski definition) is 1. The standard InChI is InChI=1S/C11H18N6/c1-8(2)11-10(7-16(4)14-11)17-6-9(5-12-3)13-15-17/h6-8,12H,5H2,1-4H3. The number of rotatable bonds is 4. The van der Waals surface area contributed by atoms with E-state index in [1.165, 1.54) is 0 Å². The summed E-state index contributed by atoms with van der Waals surface area (Å²) in [6.45, 7) is 4.96. The van der Waals surface area contributed by atoms with Crippen molar-refractivity contribution in [3.63, 3.8) is 0 Å². The van der Waals surface area contributed by atoms with Crippen molar-refractivity contribution >= 4 is 0 Å². The summed E-state index contributed by atoms with van der Waals surface area (Å²) in [6, 6.07) is 0. The van der Waals surface area contributed by atoms with E-state index >= 15 is 0 Å². The molecule has 0 unspecified atom stereocenters. The van der Waals surface area contributed by atoms with E-state index < -0.39 is 0 Å². The predicted octanol–water partition coefficient (Wildman–Crippen LogP) is 0.844. The van der Waals surface area contributed by atoms with E-state index in [1.54, 1.807) is 4.68 Å². The molecule has 0 aromatic carbocycles. The smallest absolute Gasteiger partial charge is 0.108 e. The zero-order valence-electron chi connectivity index (χ0n) is 10.7. The van der Waals surface area contributed by atoms with Gasteiger partial charge in [-0.3, -0.25) is 4.68 Å². The van der Waals surface area contributed by atoms with Gasteiger partial charge in [0.15, 0.2) is 0 Å². The fourth-order valence-electron chi connectivity index (χ4n) is 1.76. The summed E-state index contributed by atoms with van der Waals surface area (Å²) in [4.78, 5) is 0. The summed E-state index contributed by atoms with van der Waals surface area (Å²) < 4.78 is 3.60. The summed E-state index contributed by atoms with van der Waals surface area (Å²) >= 11 is 0. The summed E-state index contributed by atoms with van der Waals surface area (Å²) in [5.41, 5.74) is 2.96. The number of hydrogen-bond acceptors (Lipinski definition) is 4. The van der Waals surface area contributed by atoms with E-state index in [4.69, 9.17) is 0 Å². The first-order chi connectivity index (χ1) is 8.11. The topological polar surface area (TPSA) is 60.6 Å². The van der Waals surface area contributed by atoms with E-state index in [0.717, 1.165) is 23.6 Å². The van der Waals surface area contributed by atoms with Gasteiger partial charge in [0.25, 0.3) is 0 Å². The Balaban J connectivity index is 2.37. The molecule has 17 heavy (non-hydrogen) atoms. The van der Waals surface area contributed by atoms with Crippen LogP contribution in [0, 0.1) is 0 Å². The highest BCUT2D eigenvalue weighted by molar-refractivity contribution is 5.35. The lowest BCUT2D eigenvalue weighted by Gasteiger charge is -2.03.